The summed E-state index contributed by atoms with van der Waals surface area (Å²) in [4.78, 5) is 11.7. The average molecular weight is 214 g/mol. The lowest BCUT2D eigenvalue weighted by Crippen LogP contribution is -2.39. The molecular formula is C12H22O3. The molecular weight excluding hydrogens is 192 g/mol. The number of hydrogen-bond donors (Lipinski definition) is 1. The van der Waals surface area contributed by atoms with Crippen LogP contribution in [0.25, 0.3) is 0 Å². The Hall–Kier alpha value is -0.570. The van der Waals surface area contributed by atoms with Crippen molar-refractivity contribution in [1.29, 1.82) is 0 Å². The van der Waals surface area contributed by atoms with Gasteiger partial charge in [0.2, 0.25) is 6.29 Å². The Labute approximate surface area is 91.8 Å². The van der Waals surface area contributed by atoms with Crippen LogP contribution in [0.5, 0.6) is 0 Å². The number of aliphatic hydroxyl groups is 1. The Kier molecular flexibility index (Phi) is 2.90. The van der Waals surface area contributed by atoms with E-state index in [1.54, 1.807) is 0 Å². The summed E-state index contributed by atoms with van der Waals surface area (Å²) in [5.41, 5.74) is -0.309. The van der Waals surface area contributed by atoms with Gasteiger partial charge in [-0.25, -0.2) is 0 Å². The van der Waals surface area contributed by atoms with Crippen LogP contribution in [0.2, 0.25) is 0 Å². The number of aliphatic hydroxyl groups excluding tert-OH is 1. The van der Waals surface area contributed by atoms with E-state index in [-0.39, 0.29) is 28.6 Å². The lowest BCUT2D eigenvalue weighted by atomic mass is 9.65. The van der Waals surface area contributed by atoms with E-state index >= 15 is 0 Å². The first-order valence-corrected chi connectivity index (χ1v) is 5.43. The quantitative estimate of drug-likeness (QED) is 0.629. The number of carbonyl (C=O) groups excluding carboxylic acids is 1. The first-order chi connectivity index (χ1) is 6.55. The number of hydrogen-bond acceptors (Lipinski definition) is 3. The zero-order chi connectivity index (χ0) is 12.0. The van der Waals surface area contributed by atoms with Gasteiger partial charge in [0.15, 0.2) is 0 Å². The zero-order valence-electron chi connectivity index (χ0n) is 10.5. The minimum absolute atomic E-state index is 0.134. The Morgan fingerprint density at radius 3 is 1.80 bits per heavy atom. The molecule has 0 radical (unpaired) electrons. The van der Waals surface area contributed by atoms with Crippen molar-refractivity contribution in [2.45, 2.75) is 47.8 Å². The molecule has 88 valence electrons. The Morgan fingerprint density at radius 1 is 1.07 bits per heavy atom. The van der Waals surface area contributed by atoms with E-state index in [1.165, 1.54) is 0 Å². The van der Waals surface area contributed by atoms with Crippen LogP contribution in [0, 0.1) is 22.7 Å². The fourth-order valence-corrected chi connectivity index (χ4v) is 2.40. The Balaban J connectivity index is 3.07. The van der Waals surface area contributed by atoms with Crippen LogP contribution in [0.1, 0.15) is 41.5 Å². The molecule has 1 fully saturated rings. The maximum atomic E-state index is 11.7. The first kappa shape index (κ1) is 12.5. The van der Waals surface area contributed by atoms with Crippen LogP contribution in [0.4, 0.5) is 0 Å². The van der Waals surface area contributed by atoms with Gasteiger partial charge in [-0.05, 0) is 10.8 Å². The van der Waals surface area contributed by atoms with Crippen molar-refractivity contribution in [3.8, 4) is 0 Å². The summed E-state index contributed by atoms with van der Waals surface area (Å²) >= 11 is 0. The summed E-state index contributed by atoms with van der Waals surface area (Å²) in [6.07, 6.45) is -0.957. The number of ether oxygens (including phenoxy) is 1. The van der Waals surface area contributed by atoms with E-state index < -0.39 is 6.29 Å². The molecule has 0 amide bonds. The molecule has 0 bridgehead atoms. The lowest BCUT2D eigenvalue weighted by Gasteiger charge is -2.36. The predicted octanol–water partition coefficient (Wildman–Crippen LogP) is 2.19. The molecule has 0 aromatic heterocycles. The zero-order valence-corrected chi connectivity index (χ0v) is 10.5. The van der Waals surface area contributed by atoms with Crippen molar-refractivity contribution in [3.63, 3.8) is 0 Å². The van der Waals surface area contributed by atoms with Crippen LogP contribution >= 0.6 is 0 Å². The molecule has 0 saturated carbocycles. The van der Waals surface area contributed by atoms with Crippen molar-refractivity contribution >= 4 is 5.97 Å². The van der Waals surface area contributed by atoms with E-state index in [2.05, 4.69) is 0 Å². The third-order valence-corrected chi connectivity index (χ3v) is 3.09. The molecule has 1 aliphatic heterocycles. The monoisotopic (exact) mass is 214 g/mol. The highest BCUT2D eigenvalue weighted by atomic mass is 16.6. The summed E-state index contributed by atoms with van der Waals surface area (Å²) in [5, 5.41) is 9.79. The molecule has 1 N–H and O–H groups in total. The minimum Gasteiger partial charge on any atom is -0.435 e. The first-order valence-electron chi connectivity index (χ1n) is 5.43. The molecule has 1 heterocycles. The van der Waals surface area contributed by atoms with Crippen molar-refractivity contribution in [2.75, 3.05) is 0 Å². The normalized spacial score (nSPS) is 33.0. The summed E-state index contributed by atoms with van der Waals surface area (Å²) in [6.45, 7) is 12.1. The molecule has 3 unspecified atom stereocenters. The highest BCUT2D eigenvalue weighted by Gasteiger charge is 2.53. The molecule has 0 spiro atoms. The molecule has 0 aromatic rings. The summed E-state index contributed by atoms with van der Waals surface area (Å²) in [6, 6.07) is 0. The Bertz CT molecular complexity index is 257. The van der Waals surface area contributed by atoms with Gasteiger partial charge in [-0.1, -0.05) is 41.5 Å². The smallest absolute Gasteiger partial charge is 0.312 e. The second kappa shape index (κ2) is 3.48. The minimum atomic E-state index is -0.957. The van der Waals surface area contributed by atoms with Gasteiger partial charge in [0.25, 0.3) is 0 Å². The predicted molar refractivity (Wildman–Crippen MR) is 58.0 cm³/mol. The third kappa shape index (κ3) is 2.33. The van der Waals surface area contributed by atoms with Gasteiger partial charge in [0, 0.05) is 5.92 Å². The maximum Gasteiger partial charge on any atom is 0.312 e. The molecule has 1 aliphatic rings. The summed E-state index contributed by atoms with van der Waals surface area (Å²) in [7, 11) is 0. The number of cyclic esters (lactones) is 1. The van der Waals surface area contributed by atoms with Gasteiger partial charge in [0.05, 0.1) is 5.92 Å². The van der Waals surface area contributed by atoms with Gasteiger partial charge < -0.3 is 9.84 Å². The number of rotatable bonds is 0. The van der Waals surface area contributed by atoms with Crippen LogP contribution < -0.4 is 0 Å². The highest BCUT2D eigenvalue weighted by molar-refractivity contribution is 5.76. The molecule has 3 atom stereocenters. The highest BCUT2D eigenvalue weighted by Crippen LogP contribution is 2.47. The fraction of sp³-hybridized carbons (Fsp3) is 0.917. The van der Waals surface area contributed by atoms with Crippen LogP contribution in [-0.2, 0) is 9.53 Å². The standard InChI is InChI=1S/C12H22O3/c1-11(2,3)7-8(12(4,5)6)10(14)15-9(7)13/h7-9,13H,1-6H3. The second-order valence-corrected chi connectivity index (χ2v) is 6.56. The fourth-order valence-electron chi connectivity index (χ4n) is 2.40. The largest absolute Gasteiger partial charge is 0.435 e. The van der Waals surface area contributed by atoms with Crippen LogP contribution in [0.15, 0.2) is 0 Å². The van der Waals surface area contributed by atoms with Gasteiger partial charge in [-0.2, -0.15) is 0 Å². The third-order valence-electron chi connectivity index (χ3n) is 3.09. The molecule has 0 aromatic carbocycles. The SMILES string of the molecule is CC(C)(C)C1C(=O)OC(O)C1C(C)(C)C. The summed E-state index contributed by atoms with van der Waals surface area (Å²) < 4.78 is 4.96. The van der Waals surface area contributed by atoms with Gasteiger partial charge >= 0.3 is 5.97 Å². The topological polar surface area (TPSA) is 46.5 Å². The van der Waals surface area contributed by atoms with Gasteiger partial charge in [-0.15, -0.1) is 0 Å². The average Bonchev–Trinajstić information content (AvgIpc) is 2.22. The molecule has 0 aliphatic carbocycles. The number of carbonyl (C=O) groups is 1. The van der Waals surface area contributed by atoms with Crippen molar-refractivity contribution < 1.29 is 14.6 Å². The molecule has 3 heteroatoms. The summed E-state index contributed by atoms with van der Waals surface area (Å²) in [5.74, 6) is -0.632. The second-order valence-electron chi connectivity index (χ2n) is 6.56. The van der Waals surface area contributed by atoms with E-state index in [0.29, 0.717) is 0 Å². The van der Waals surface area contributed by atoms with E-state index in [1.807, 2.05) is 41.5 Å². The maximum absolute atomic E-state index is 11.7. The van der Waals surface area contributed by atoms with Crippen LogP contribution in [-0.4, -0.2) is 17.4 Å². The molecule has 1 saturated heterocycles. The molecule has 3 nitrogen and oxygen atoms in total. The number of esters is 1. The van der Waals surface area contributed by atoms with Gasteiger partial charge in [0.1, 0.15) is 0 Å². The molecule has 1 rings (SSSR count). The molecule has 15 heavy (non-hydrogen) atoms. The van der Waals surface area contributed by atoms with Crippen molar-refractivity contribution in [3.05, 3.63) is 0 Å². The lowest BCUT2D eigenvalue weighted by molar-refractivity contribution is -0.159. The van der Waals surface area contributed by atoms with E-state index in [4.69, 9.17) is 4.74 Å². The van der Waals surface area contributed by atoms with Crippen LogP contribution in [0.3, 0.4) is 0 Å². The van der Waals surface area contributed by atoms with Gasteiger partial charge in [-0.3, -0.25) is 4.79 Å². The van der Waals surface area contributed by atoms with E-state index in [9.17, 15) is 9.90 Å². The van der Waals surface area contributed by atoms with Crippen molar-refractivity contribution in [1.82, 2.24) is 0 Å². The van der Waals surface area contributed by atoms with Crippen molar-refractivity contribution in [2.24, 2.45) is 22.7 Å². The van der Waals surface area contributed by atoms with E-state index in [0.717, 1.165) is 0 Å². The Morgan fingerprint density at radius 2 is 1.53 bits per heavy atom.